The van der Waals surface area contributed by atoms with E-state index in [0.29, 0.717) is 10.3 Å². The minimum absolute atomic E-state index is 0.0263. The van der Waals surface area contributed by atoms with Crippen molar-refractivity contribution >= 4 is 15.8 Å². The SMILES string of the molecule is Cc1cc(C)c(CP(C)C(C)(C)C)cc1CP(C)C(C)(C)C. The van der Waals surface area contributed by atoms with E-state index < -0.39 is 0 Å². The molecule has 0 aliphatic carbocycles. The Balaban J connectivity index is 3.05. The number of hydrogen-bond acceptors (Lipinski definition) is 0. The molecule has 2 unspecified atom stereocenters. The average molecular weight is 338 g/mol. The van der Waals surface area contributed by atoms with Crippen molar-refractivity contribution in [3.8, 4) is 0 Å². The van der Waals surface area contributed by atoms with Gasteiger partial charge >= 0.3 is 0 Å². The second-order valence-electron chi connectivity index (χ2n) is 8.76. The van der Waals surface area contributed by atoms with Gasteiger partial charge in [0, 0.05) is 0 Å². The molecule has 0 nitrogen and oxygen atoms in total. The Bertz CT molecular complexity index is 460. The van der Waals surface area contributed by atoms with Crippen LogP contribution in [0.3, 0.4) is 0 Å². The van der Waals surface area contributed by atoms with Crippen LogP contribution in [0.5, 0.6) is 0 Å². The summed E-state index contributed by atoms with van der Waals surface area (Å²) in [5.74, 6) is 0. The van der Waals surface area contributed by atoms with Gasteiger partial charge in [0.2, 0.25) is 0 Å². The highest BCUT2D eigenvalue weighted by Crippen LogP contribution is 2.51. The molecule has 1 aromatic carbocycles. The first-order valence-electron chi connectivity index (χ1n) is 8.34. The Kier molecular flexibility index (Phi) is 6.69. The van der Waals surface area contributed by atoms with Gasteiger partial charge in [0.25, 0.3) is 0 Å². The lowest BCUT2D eigenvalue weighted by Crippen LogP contribution is -2.13. The first kappa shape index (κ1) is 20.1. The van der Waals surface area contributed by atoms with Crippen LogP contribution in [-0.4, -0.2) is 23.6 Å². The molecular weight excluding hydrogens is 302 g/mol. The zero-order chi connectivity index (χ0) is 17.3. The Morgan fingerprint density at radius 3 is 1.27 bits per heavy atom. The van der Waals surface area contributed by atoms with Crippen LogP contribution < -0.4 is 0 Å². The molecule has 0 saturated heterocycles. The molecule has 0 spiro atoms. The van der Waals surface area contributed by atoms with Crippen molar-refractivity contribution in [3.63, 3.8) is 0 Å². The molecule has 2 atom stereocenters. The van der Waals surface area contributed by atoms with E-state index in [1.165, 1.54) is 23.5 Å². The molecule has 0 fully saturated rings. The van der Waals surface area contributed by atoms with Crippen molar-refractivity contribution in [2.75, 3.05) is 13.3 Å². The fourth-order valence-corrected chi connectivity index (χ4v) is 4.93. The molecule has 0 aliphatic rings. The molecular formula is C20H36P2. The Labute approximate surface area is 142 Å². The van der Waals surface area contributed by atoms with Crippen molar-refractivity contribution in [2.24, 2.45) is 0 Å². The second kappa shape index (κ2) is 7.32. The maximum Gasteiger partial charge on any atom is -0.00681 e. The largest absolute Gasteiger partial charge is 0.0999 e. The predicted octanol–water partition coefficient (Wildman–Crippen LogP) is 7.12. The molecule has 1 rings (SSSR count). The first-order valence-corrected chi connectivity index (χ1v) is 12.3. The van der Waals surface area contributed by atoms with Gasteiger partial charge in [-0.05, 0) is 72.1 Å². The van der Waals surface area contributed by atoms with Gasteiger partial charge in [-0.2, -0.15) is 0 Å². The van der Waals surface area contributed by atoms with E-state index in [0.717, 1.165) is 0 Å². The van der Waals surface area contributed by atoms with Gasteiger partial charge in [-0.25, -0.2) is 0 Å². The summed E-state index contributed by atoms with van der Waals surface area (Å²) in [5, 5.41) is 0.880. The smallest absolute Gasteiger partial charge is 0.00681 e. The third-order valence-corrected chi connectivity index (χ3v) is 11.1. The van der Waals surface area contributed by atoms with E-state index in [1.807, 2.05) is 0 Å². The van der Waals surface area contributed by atoms with Gasteiger partial charge in [-0.3, -0.25) is 0 Å². The summed E-state index contributed by atoms with van der Waals surface area (Å²) >= 11 is 0. The number of rotatable bonds is 4. The maximum absolute atomic E-state index is 2.53. The monoisotopic (exact) mass is 338 g/mol. The predicted molar refractivity (Wildman–Crippen MR) is 109 cm³/mol. The first-order chi connectivity index (χ1) is 9.82. The van der Waals surface area contributed by atoms with Gasteiger partial charge < -0.3 is 0 Å². The molecule has 0 heterocycles. The van der Waals surface area contributed by atoms with Gasteiger partial charge in [0.1, 0.15) is 0 Å². The lowest BCUT2D eigenvalue weighted by molar-refractivity contribution is 0.781. The van der Waals surface area contributed by atoms with Gasteiger partial charge in [-0.1, -0.05) is 69.5 Å². The molecule has 0 amide bonds. The van der Waals surface area contributed by atoms with Crippen LogP contribution in [0.4, 0.5) is 0 Å². The summed E-state index contributed by atoms with van der Waals surface area (Å²) in [4.78, 5) is 0. The lowest BCUT2D eigenvalue weighted by atomic mass is 10.0. The van der Waals surface area contributed by atoms with Crippen LogP contribution in [0.2, 0.25) is 0 Å². The van der Waals surface area contributed by atoms with Crippen molar-refractivity contribution in [1.82, 2.24) is 0 Å². The lowest BCUT2D eigenvalue weighted by Gasteiger charge is -2.30. The standard InChI is InChI=1S/C20H36P2/c1-15-11-16(2)18(14-22(10)20(6,7)8)12-17(15)13-21(9)19(3,4)5/h11-12H,13-14H2,1-10H3. The van der Waals surface area contributed by atoms with Crippen molar-refractivity contribution in [3.05, 3.63) is 34.4 Å². The molecule has 0 bridgehead atoms. The molecule has 2 heteroatoms. The summed E-state index contributed by atoms with van der Waals surface area (Å²) in [5.41, 5.74) is 6.13. The summed E-state index contributed by atoms with van der Waals surface area (Å²) in [6.07, 6.45) is 2.52. The Hall–Kier alpha value is 0.0800. The number of aryl methyl sites for hydroxylation is 2. The summed E-state index contributed by atoms with van der Waals surface area (Å²) in [6.45, 7) is 23.8. The minimum atomic E-state index is 0.0263. The molecule has 0 radical (unpaired) electrons. The summed E-state index contributed by atoms with van der Waals surface area (Å²) in [7, 11) is 0.0525. The highest BCUT2D eigenvalue weighted by Gasteiger charge is 2.22. The van der Waals surface area contributed by atoms with Crippen molar-refractivity contribution in [2.45, 2.75) is 78.0 Å². The van der Waals surface area contributed by atoms with Crippen LogP contribution in [0.15, 0.2) is 12.1 Å². The fraction of sp³-hybridized carbons (Fsp3) is 0.700. The molecule has 0 aromatic heterocycles. The normalized spacial score (nSPS) is 15.7. The topological polar surface area (TPSA) is 0 Å². The van der Waals surface area contributed by atoms with Gasteiger partial charge in [0.15, 0.2) is 0 Å². The van der Waals surface area contributed by atoms with Crippen LogP contribution in [0.1, 0.15) is 63.8 Å². The highest BCUT2D eigenvalue weighted by molar-refractivity contribution is 7.58. The maximum atomic E-state index is 2.53. The molecule has 22 heavy (non-hydrogen) atoms. The molecule has 0 saturated carbocycles. The fourth-order valence-electron chi connectivity index (χ4n) is 2.27. The minimum Gasteiger partial charge on any atom is -0.0999 e. The van der Waals surface area contributed by atoms with Crippen LogP contribution in [-0.2, 0) is 12.3 Å². The Morgan fingerprint density at radius 1 is 0.682 bits per heavy atom. The van der Waals surface area contributed by atoms with E-state index in [2.05, 4.69) is 80.9 Å². The average Bonchev–Trinajstić information content (AvgIpc) is 2.32. The van der Waals surface area contributed by atoms with E-state index >= 15 is 0 Å². The second-order valence-corrected chi connectivity index (χ2v) is 14.9. The van der Waals surface area contributed by atoms with Crippen LogP contribution in [0.25, 0.3) is 0 Å². The Morgan fingerprint density at radius 2 is 1.00 bits per heavy atom. The highest BCUT2D eigenvalue weighted by atomic mass is 31.1. The van der Waals surface area contributed by atoms with Gasteiger partial charge in [0.05, 0.1) is 0 Å². The zero-order valence-corrected chi connectivity index (χ0v) is 18.3. The van der Waals surface area contributed by atoms with E-state index in [9.17, 15) is 0 Å². The molecule has 0 N–H and O–H groups in total. The van der Waals surface area contributed by atoms with Crippen molar-refractivity contribution < 1.29 is 0 Å². The van der Waals surface area contributed by atoms with E-state index in [1.54, 1.807) is 11.1 Å². The van der Waals surface area contributed by atoms with E-state index in [4.69, 9.17) is 0 Å². The number of benzene rings is 1. The summed E-state index contributed by atoms with van der Waals surface area (Å²) in [6, 6.07) is 4.95. The molecule has 0 aliphatic heterocycles. The molecule has 126 valence electrons. The van der Waals surface area contributed by atoms with Crippen LogP contribution in [0, 0.1) is 13.8 Å². The molecule has 1 aromatic rings. The zero-order valence-electron chi connectivity index (χ0n) is 16.5. The summed E-state index contributed by atoms with van der Waals surface area (Å²) < 4.78 is 0. The van der Waals surface area contributed by atoms with Gasteiger partial charge in [-0.15, -0.1) is 0 Å². The van der Waals surface area contributed by atoms with Crippen LogP contribution >= 0.6 is 15.8 Å². The number of hydrogen-bond donors (Lipinski definition) is 0. The quantitative estimate of drug-likeness (QED) is 0.512. The third-order valence-electron chi connectivity index (χ3n) is 4.90. The van der Waals surface area contributed by atoms with Crippen molar-refractivity contribution in [1.29, 1.82) is 0 Å². The van der Waals surface area contributed by atoms with E-state index in [-0.39, 0.29) is 15.8 Å². The third kappa shape index (κ3) is 5.62.